The summed E-state index contributed by atoms with van der Waals surface area (Å²) in [6.45, 7) is 0. The molecule has 0 aliphatic rings. The number of hydrogen-bond acceptors (Lipinski definition) is 5. The zero-order valence-corrected chi connectivity index (χ0v) is 15.7. The van der Waals surface area contributed by atoms with E-state index in [0.717, 1.165) is 11.3 Å². The number of ether oxygens (including phenoxy) is 2. The van der Waals surface area contributed by atoms with Gasteiger partial charge in [0.2, 0.25) is 0 Å². The van der Waals surface area contributed by atoms with Gasteiger partial charge in [-0.15, -0.1) is 0 Å². The minimum atomic E-state index is -0.404. The van der Waals surface area contributed by atoms with E-state index in [-0.39, 0.29) is 5.17 Å². The van der Waals surface area contributed by atoms with Crippen molar-refractivity contribution < 1.29 is 14.3 Å². The number of anilines is 1. The fourth-order valence-electron chi connectivity index (χ4n) is 2.04. The van der Waals surface area contributed by atoms with Crippen LogP contribution in [0.3, 0.4) is 0 Å². The summed E-state index contributed by atoms with van der Waals surface area (Å²) >= 11 is 10.7. The van der Waals surface area contributed by atoms with Crippen molar-refractivity contribution in [3.8, 4) is 5.75 Å². The fourth-order valence-corrected chi connectivity index (χ4v) is 2.42. The van der Waals surface area contributed by atoms with Crippen molar-refractivity contribution in [2.75, 3.05) is 26.5 Å². The molecule has 0 atom stereocenters. The number of hydrogen-bond donors (Lipinski definition) is 1. The first-order chi connectivity index (χ1) is 11.9. The molecule has 0 aromatic heterocycles. The average Bonchev–Trinajstić information content (AvgIpc) is 2.61. The van der Waals surface area contributed by atoms with Crippen LogP contribution in [0.25, 0.3) is 0 Å². The fraction of sp³-hybridized carbons (Fsp3) is 0.167. The topological polar surface area (TPSA) is 50.8 Å². The lowest BCUT2D eigenvalue weighted by atomic mass is 10.1. The summed E-state index contributed by atoms with van der Waals surface area (Å²) in [6, 6.07) is 14.1. The van der Waals surface area contributed by atoms with E-state index in [1.54, 1.807) is 24.3 Å². The van der Waals surface area contributed by atoms with Crippen LogP contribution in [0.5, 0.6) is 5.75 Å². The molecule has 2 aromatic carbocycles. The third kappa shape index (κ3) is 4.98. The molecular formula is C18H18N2O3S2. The Labute approximate surface area is 157 Å². The highest BCUT2D eigenvalue weighted by atomic mass is 32.1. The van der Waals surface area contributed by atoms with Crippen molar-refractivity contribution in [1.82, 2.24) is 4.90 Å². The molecule has 2 rings (SSSR count). The molecule has 130 valence electrons. The monoisotopic (exact) mass is 374 g/mol. The van der Waals surface area contributed by atoms with Crippen LogP contribution in [0, 0.1) is 0 Å². The van der Waals surface area contributed by atoms with Crippen molar-refractivity contribution in [2.24, 2.45) is 0 Å². The highest BCUT2D eigenvalue weighted by Crippen LogP contribution is 2.19. The molecule has 0 aliphatic carbocycles. The minimum absolute atomic E-state index is 0.180. The van der Waals surface area contributed by atoms with Gasteiger partial charge in [0, 0.05) is 19.7 Å². The van der Waals surface area contributed by atoms with Gasteiger partial charge in [0.15, 0.2) is 0 Å². The standard InChI is InChI=1S/C18H18N2O3S2/c1-20(2)16(24)14-6-4-5-7-15(14)19-18(25)23-13-10-8-12(9-11-13)17(21)22-3/h4-11H,1-3H3,(H,19,25). The molecule has 0 saturated heterocycles. The smallest absolute Gasteiger partial charge is 0.337 e. The summed E-state index contributed by atoms with van der Waals surface area (Å²) in [6.07, 6.45) is 0. The van der Waals surface area contributed by atoms with Crippen LogP contribution in [-0.2, 0) is 4.74 Å². The van der Waals surface area contributed by atoms with Gasteiger partial charge < -0.3 is 19.7 Å². The zero-order valence-electron chi connectivity index (χ0n) is 14.1. The Bertz CT molecular complexity index is 789. The molecule has 0 amide bonds. The van der Waals surface area contributed by atoms with E-state index in [2.05, 4.69) is 10.1 Å². The Kier molecular flexibility index (Phi) is 6.44. The van der Waals surface area contributed by atoms with Crippen LogP contribution in [-0.4, -0.2) is 42.2 Å². The van der Waals surface area contributed by atoms with Crippen LogP contribution >= 0.6 is 24.4 Å². The third-order valence-electron chi connectivity index (χ3n) is 3.29. The van der Waals surface area contributed by atoms with Gasteiger partial charge in [-0.3, -0.25) is 0 Å². The van der Waals surface area contributed by atoms with E-state index in [1.807, 2.05) is 43.3 Å². The minimum Gasteiger partial charge on any atom is -0.465 e. The molecule has 0 bridgehead atoms. The predicted octanol–water partition coefficient (Wildman–Crippen LogP) is 3.49. The first-order valence-corrected chi connectivity index (χ1v) is 8.22. The molecule has 0 aliphatic heterocycles. The summed E-state index contributed by atoms with van der Waals surface area (Å²) in [5, 5.41) is 3.23. The molecule has 0 radical (unpaired) electrons. The molecule has 25 heavy (non-hydrogen) atoms. The zero-order chi connectivity index (χ0) is 18.4. The number of methoxy groups -OCH3 is 1. The number of carbonyl (C=O) groups excluding carboxylic acids is 1. The SMILES string of the molecule is COC(=O)c1ccc(OC(=S)Nc2ccccc2C(=S)N(C)C)cc1. The number of esters is 1. The second-order valence-corrected chi connectivity index (χ2v) is 6.03. The van der Waals surface area contributed by atoms with Gasteiger partial charge in [-0.1, -0.05) is 24.4 Å². The molecule has 0 saturated carbocycles. The maximum atomic E-state index is 11.4. The van der Waals surface area contributed by atoms with Crippen LogP contribution in [0.2, 0.25) is 0 Å². The molecule has 7 heteroatoms. The number of thiocarbonyl (C=S) groups is 2. The average molecular weight is 374 g/mol. The Morgan fingerprint density at radius 3 is 2.28 bits per heavy atom. The second kappa shape index (κ2) is 8.55. The van der Waals surface area contributed by atoms with E-state index in [9.17, 15) is 4.79 Å². The molecule has 0 unspecified atom stereocenters. The molecule has 0 heterocycles. The van der Waals surface area contributed by atoms with Crippen molar-refractivity contribution in [3.05, 3.63) is 59.7 Å². The Hall–Kier alpha value is -2.51. The highest BCUT2D eigenvalue weighted by molar-refractivity contribution is 7.80. The van der Waals surface area contributed by atoms with Crippen molar-refractivity contribution in [1.29, 1.82) is 0 Å². The number of nitrogens with one attached hydrogen (secondary N) is 1. The number of carbonyl (C=O) groups is 1. The number of rotatable bonds is 4. The van der Waals surface area contributed by atoms with E-state index >= 15 is 0 Å². The second-order valence-electron chi connectivity index (χ2n) is 5.28. The molecule has 2 aromatic rings. The molecule has 1 N–H and O–H groups in total. The third-order valence-corrected chi connectivity index (χ3v) is 4.06. The Morgan fingerprint density at radius 1 is 1.04 bits per heavy atom. The first kappa shape index (κ1) is 18.8. The van der Waals surface area contributed by atoms with Crippen molar-refractivity contribution in [3.63, 3.8) is 0 Å². The van der Waals surface area contributed by atoms with Gasteiger partial charge in [0.05, 0.1) is 18.4 Å². The van der Waals surface area contributed by atoms with Gasteiger partial charge in [-0.25, -0.2) is 4.79 Å². The summed E-state index contributed by atoms with van der Waals surface area (Å²) in [4.78, 5) is 14.0. The summed E-state index contributed by atoms with van der Waals surface area (Å²) < 4.78 is 10.3. The van der Waals surface area contributed by atoms with E-state index < -0.39 is 5.97 Å². The number of nitrogens with zero attached hydrogens (tertiary/aromatic N) is 1. The normalized spacial score (nSPS) is 9.88. The molecular weight excluding hydrogens is 356 g/mol. The lowest BCUT2D eigenvalue weighted by molar-refractivity contribution is 0.0600. The summed E-state index contributed by atoms with van der Waals surface area (Å²) in [5.41, 5.74) is 2.06. The maximum Gasteiger partial charge on any atom is 0.337 e. The maximum absolute atomic E-state index is 11.4. The van der Waals surface area contributed by atoms with E-state index in [0.29, 0.717) is 16.3 Å². The van der Waals surface area contributed by atoms with Crippen molar-refractivity contribution >= 4 is 46.3 Å². The Balaban J connectivity index is 2.08. The van der Waals surface area contributed by atoms with E-state index in [4.69, 9.17) is 29.2 Å². The lowest BCUT2D eigenvalue weighted by Crippen LogP contribution is -2.24. The van der Waals surface area contributed by atoms with Crippen LogP contribution in [0.1, 0.15) is 15.9 Å². The number of para-hydroxylation sites is 1. The molecule has 0 spiro atoms. The quantitative estimate of drug-likeness (QED) is 0.649. The first-order valence-electron chi connectivity index (χ1n) is 7.40. The predicted molar refractivity (Wildman–Crippen MR) is 106 cm³/mol. The van der Waals surface area contributed by atoms with E-state index in [1.165, 1.54) is 7.11 Å². The lowest BCUT2D eigenvalue weighted by Gasteiger charge is -2.18. The highest BCUT2D eigenvalue weighted by Gasteiger charge is 2.11. The van der Waals surface area contributed by atoms with Crippen LogP contribution in [0.15, 0.2) is 48.5 Å². The van der Waals surface area contributed by atoms with Gasteiger partial charge >= 0.3 is 5.97 Å². The van der Waals surface area contributed by atoms with Crippen molar-refractivity contribution in [2.45, 2.75) is 0 Å². The summed E-state index contributed by atoms with van der Waals surface area (Å²) in [7, 11) is 5.11. The Morgan fingerprint density at radius 2 is 1.68 bits per heavy atom. The molecule has 0 fully saturated rings. The number of benzene rings is 2. The molecule has 5 nitrogen and oxygen atoms in total. The van der Waals surface area contributed by atoms with Crippen LogP contribution in [0.4, 0.5) is 5.69 Å². The van der Waals surface area contributed by atoms with Gasteiger partial charge in [0.25, 0.3) is 5.17 Å². The van der Waals surface area contributed by atoms with Gasteiger partial charge in [-0.2, -0.15) is 0 Å². The largest absolute Gasteiger partial charge is 0.465 e. The van der Waals surface area contributed by atoms with Gasteiger partial charge in [-0.05, 0) is 48.6 Å². The van der Waals surface area contributed by atoms with Gasteiger partial charge in [0.1, 0.15) is 10.7 Å². The summed E-state index contributed by atoms with van der Waals surface area (Å²) in [5.74, 6) is 0.108. The van der Waals surface area contributed by atoms with Crippen LogP contribution < -0.4 is 10.1 Å².